The molecule has 0 aromatic heterocycles. The van der Waals surface area contributed by atoms with Crippen molar-refractivity contribution in [1.29, 1.82) is 0 Å². The monoisotopic (exact) mass is 406 g/mol. The topological polar surface area (TPSA) is 97.2 Å². The van der Waals surface area contributed by atoms with Crippen LogP contribution in [0, 0.1) is 0 Å². The summed E-state index contributed by atoms with van der Waals surface area (Å²) in [7, 11) is 1.56. The summed E-state index contributed by atoms with van der Waals surface area (Å²) in [5.74, 6) is -0.258. The molecule has 0 bridgehead atoms. The fourth-order valence-corrected chi connectivity index (χ4v) is 2.26. The van der Waals surface area contributed by atoms with E-state index in [0.29, 0.717) is 21.5 Å². The number of hydrogen-bond acceptors (Lipinski definition) is 5. The van der Waals surface area contributed by atoms with Crippen molar-refractivity contribution in [2.24, 2.45) is 5.10 Å². The van der Waals surface area contributed by atoms with Crippen LogP contribution < -0.4 is 14.9 Å². The first-order chi connectivity index (χ1) is 12.0. The van der Waals surface area contributed by atoms with Gasteiger partial charge in [0.25, 0.3) is 5.91 Å². The normalized spacial score (nSPS) is 10.5. The van der Waals surface area contributed by atoms with Crippen molar-refractivity contribution in [3.63, 3.8) is 0 Å². The van der Waals surface area contributed by atoms with Crippen molar-refractivity contribution in [2.45, 2.75) is 0 Å². The molecule has 0 fully saturated rings. The van der Waals surface area contributed by atoms with E-state index in [2.05, 4.69) is 26.5 Å². The molecular weight excluding hydrogens is 392 g/mol. The first-order valence-electron chi connectivity index (χ1n) is 7.11. The zero-order chi connectivity index (χ0) is 18.2. The van der Waals surface area contributed by atoms with Crippen molar-refractivity contribution >= 4 is 34.0 Å². The molecule has 130 valence electrons. The fourth-order valence-electron chi connectivity index (χ4n) is 1.79. The van der Waals surface area contributed by atoms with Gasteiger partial charge in [-0.2, -0.15) is 5.10 Å². The largest absolute Gasteiger partial charge is 0.497 e. The molecule has 2 aromatic rings. The number of nitrogens with one attached hydrogen (secondary N) is 1. The number of nitrogens with zero attached hydrogens (tertiary/aromatic N) is 1. The number of ether oxygens (including phenoxy) is 2. The molecule has 0 heterocycles. The lowest BCUT2D eigenvalue weighted by Gasteiger charge is -2.08. The predicted octanol–water partition coefficient (Wildman–Crippen LogP) is 2.69. The second kappa shape index (κ2) is 8.84. The summed E-state index contributed by atoms with van der Waals surface area (Å²) in [6, 6.07) is 11.2. The molecule has 0 atom stereocenters. The van der Waals surface area contributed by atoms with Gasteiger partial charge >= 0.3 is 5.97 Å². The molecule has 2 aromatic carbocycles. The number of amides is 1. The molecular formula is C17H15BrN2O5. The minimum atomic E-state index is -1.00. The van der Waals surface area contributed by atoms with Crippen LogP contribution in [-0.4, -0.2) is 36.9 Å². The Morgan fingerprint density at radius 1 is 1.24 bits per heavy atom. The molecule has 0 saturated carbocycles. The van der Waals surface area contributed by atoms with Gasteiger partial charge in [0, 0.05) is 0 Å². The van der Waals surface area contributed by atoms with Crippen LogP contribution in [0.1, 0.15) is 15.9 Å². The molecule has 0 aliphatic heterocycles. The van der Waals surface area contributed by atoms with E-state index in [0.717, 1.165) is 0 Å². The van der Waals surface area contributed by atoms with E-state index in [-0.39, 0.29) is 12.2 Å². The Hall–Kier alpha value is -2.87. The molecule has 8 heteroatoms. The van der Waals surface area contributed by atoms with Gasteiger partial charge in [-0.05, 0) is 51.8 Å². The highest BCUT2D eigenvalue weighted by Gasteiger charge is 2.06. The van der Waals surface area contributed by atoms with Gasteiger partial charge in [0.1, 0.15) is 11.5 Å². The first-order valence-corrected chi connectivity index (χ1v) is 7.90. The molecule has 0 aliphatic carbocycles. The molecule has 25 heavy (non-hydrogen) atoms. The number of carboxylic acids is 1. The third-order valence-electron chi connectivity index (χ3n) is 3.06. The molecule has 0 radical (unpaired) electrons. The second-order valence-corrected chi connectivity index (χ2v) is 5.66. The average Bonchev–Trinajstić information content (AvgIpc) is 2.61. The molecule has 0 saturated heterocycles. The van der Waals surface area contributed by atoms with E-state index in [1.54, 1.807) is 37.4 Å². The van der Waals surface area contributed by atoms with E-state index in [1.807, 2.05) is 0 Å². The minimum Gasteiger partial charge on any atom is -0.497 e. The van der Waals surface area contributed by atoms with Crippen molar-refractivity contribution in [3.05, 3.63) is 58.1 Å². The standard InChI is InChI=1S/C17H15BrN2O5/c1-24-13-6-7-15(14(18)8-13)25-10-16(21)20-19-9-11-2-4-12(5-3-11)17(22)23/h2-9H,10H2,1H3,(H,20,21)(H,22,23)/b19-9-. The number of halogens is 1. The van der Waals surface area contributed by atoms with Crippen LogP contribution >= 0.6 is 15.9 Å². The van der Waals surface area contributed by atoms with Gasteiger partial charge in [0.2, 0.25) is 0 Å². The summed E-state index contributed by atoms with van der Waals surface area (Å²) in [6.45, 7) is -0.208. The van der Waals surface area contributed by atoms with E-state index in [1.165, 1.54) is 18.3 Å². The number of aromatic carboxylic acids is 1. The summed E-state index contributed by atoms with van der Waals surface area (Å²) in [6.07, 6.45) is 1.41. The van der Waals surface area contributed by atoms with Crippen LogP contribution in [0.4, 0.5) is 0 Å². The molecule has 7 nitrogen and oxygen atoms in total. The maximum Gasteiger partial charge on any atom is 0.335 e. The molecule has 0 unspecified atom stereocenters. The highest BCUT2D eigenvalue weighted by Crippen LogP contribution is 2.28. The molecule has 2 N–H and O–H groups in total. The van der Waals surface area contributed by atoms with Gasteiger partial charge < -0.3 is 14.6 Å². The third kappa shape index (κ3) is 5.61. The van der Waals surface area contributed by atoms with Gasteiger partial charge in [-0.25, -0.2) is 10.2 Å². The number of carboxylic acid groups (broad SMARTS) is 1. The number of carbonyl (C=O) groups is 2. The number of hydrogen-bond donors (Lipinski definition) is 2. The Morgan fingerprint density at radius 2 is 1.96 bits per heavy atom. The van der Waals surface area contributed by atoms with E-state index < -0.39 is 11.9 Å². The van der Waals surface area contributed by atoms with Crippen molar-refractivity contribution in [3.8, 4) is 11.5 Å². The van der Waals surface area contributed by atoms with Crippen LogP contribution in [0.2, 0.25) is 0 Å². The average molecular weight is 407 g/mol. The Morgan fingerprint density at radius 3 is 2.56 bits per heavy atom. The lowest BCUT2D eigenvalue weighted by atomic mass is 10.1. The van der Waals surface area contributed by atoms with E-state index in [9.17, 15) is 9.59 Å². The highest BCUT2D eigenvalue weighted by molar-refractivity contribution is 9.10. The number of benzene rings is 2. The summed E-state index contributed by atoms with van der Waals surface area (Å²) >= 11 is 3.33. The van der Waals surface area contributed by atoms with Crippen LogP contribution in [0.15, 0.2) is 52.0 Å². The van der Waals surface area contributed by atoms with Crippen LogP contribution in [-0.2, 0) is 4.79 Å². The van der Waals surface area contributed by atoms with Crippen LogP contribution in [0.3, 0.4) is 0 Å². The number of rotatable bonds is 7. The van der Waals surface area contributed by atoms with Crippen molar-refractivity contribution < 1.29 is 24.2 Å². The Balaban J connectivity index is 1.83. The summed E-state index contributed by atoms with van der Waals surface area (Å²) < 4.78 is 11.1. The maximum absolute atomic E-state index is 11.7. The summed E-state index contributed by atoms with van der Waals surface area (Å²) in [5, 5.41) is 12.6. The molecule has 0 spiro atoms. The maximum atomic E-state index is 11.7. The van der Waals surface area contributed by atoms with Gasteiger partial charge in [0.15, 0.2) is 6.61 Å². The lowest BCUT2D eigenvalue weighted by Crippen LogP contribution is -2.24. The molecule has 2 rings (SSSR count). The fraction of sp³-hybridized carbons (Fsp3) is 0.118. The van der Waals surface area contributed by atoms with Gasteiger partial charge in [-0.3, -0.25) is 4.79 Å². The van der Waals surface area contributed by atoms with Gasteiger partial charge in [-0.1, -0.05) is 12.1 Å². The van der Waals surface area contributed by atoms with E-state index in [4.69, 9.17) is 14.6 Å². The number of methoxy groups -OCH3 is 1. The van der Waals surface area contributed by atoms with Crippen molar-refractivity contribution in [1.82, 2.24) is 5.43 Å². The Labute approximate surface area is 152 Å². The zero-order valence-electron chi connectivity index (χ0n) is 13.2. The van der Waals surface area contributed by atoms with Gasteiger partial charge in [0.05, 0.1) is 23.4 Å². The second-order valence-electron chi connectivity index (χ2n) is 4.81. The minimum absolute atomic E-state index is 0.180. The zero-order valence-corrected chi connectivity index (χ0v) is 14.8. The molecule has 1 amide bonds. The third-order valence-corrected chi connectivity index (χ3v) is 3.68. The first kappa shape index (κ1) is 18.5. The number of carbonyl (C=O) groups excluding carboxylic acids is 1. The van der Waals surface area contributed by atoms with Crippen LogP contribution in [0.25, 0.3) is 0 Å². The smallest absolute Gasteiger partial charge is 0.335 e. The summed E-state index contributed by atoms with van der Waals surface area (Å²) in [4.78, 5) is 22.5. The van der Waals surface area contributed by atoms with E-state index >= 15 is 0 Å². The quantitative estimate of drug-likeness (QED) is 0.544. The SMILES string of the molecule is COc1ccc(OCC(=O)N/N=C\c2ccc(C(=O)O)cc2)c(Br)c1. The van der Waals surface area contributed by atoms with Gasteiger partial charge in [-0.15, -0.1) is 0 Å². The molecule has 0 aliphatic rings. The van der Waals surface area contributed by atoms with Crippen LogP contribution in [0.5, 0.6) is 11.5 Å². The summed E-state index contributed by atoms with van der Waals surface area (Å²) in [5.41, 5.74) is 3.17. The highest BCUT2D eigenvalue weighted by atomic mass is 79.9. The Kier molecular flexibility index (Phi) is 6.53. The number of hydrazone groups is 1. The lowest BCUT2D eigenvalue weighted by molar-refractivity contribution is -0.123. The van der Waals surface area contributed by atoms with Crippen molar-refractivity contribution in [2.75, 3.05) is 13.7 Å². The predicted molar refractivity (Wildman–Crippen MR) is 95.3 cm³/mol. The Bertz CT molecular complexity index is 790.